The number of aliphatic hydroxyl groups excluding tert-OH is 1. The Morgan fingerprint density at radius 1 is 1.02 bits per heavy atom. The quantitative estimate of drug-likeness (QED) is 0.349. The van der Waals surface area contributed by atoms with Crippen molar-refractivity contribution in [3.63, 3.8) is 0 Å². The number of imidazole rings is 1. The van der Waals surface area contributed by atoms with Crippen LogP contribution >= 0.6 is 0 Å². The number of ether oxygens (including phenoxy) is 1. The summed E-state index contributed by atoms with van der Waals surface area (Å²) < 4.78 is 8.72. The Kier molecular flexibility index (Phi) is 6.83. The third kappa shape index (κ3) is 4.66. The summed E-state index contributed by atoms with van der Waals surface area (Å²) >= 11 is 0. The summed E-state index contributed by atoms with van der Waals surface area (Å²) in [6.07, 6.45) is 4.26. The molecule has 9 nitrogen and oxygen atoms in total. The largest absolute Gasteiger partial charge is 0.481 e. The molecule has 0 radical (unpaired) electrons. The molecule has 5 aromatic rings. The van der Waals surface area contributed by atoms with Crippen LogP contribution in [-0.2, 0) is 11.8 Å². The lowest BCUT2D eigenvalue weighted by Crippen LogP contribution is -2.42. The molecular weight excluding hydrogens is 518 g/mol. The van der Waals surface area contributed by atoms with Gasteiger partial charge in [-0.25, -0.2) is 9.78 Å². The van der Waals surface area contributed by atoms with Crippen LogP contribution in [0.25, 0.3) is 38.8 Å². The predicted molar refractivity (Wildman–Crippen MR) is 159 cm³/mol. The molecule has 0 spiro atoms. The number of carbonyl (C=O) groups is 1. The van der Waals surface area contributed by atoms with Crippen LogP contribution in [0.3, 0.4) is 0 Å². The number of hydrogen-bond acceptors (Lipinski definition) is 6. The molecule has 1 N–H and O–H groups in total. The minimum absolute atomic E-state index is 0.139. The molecule has 210 valence electrons. The van der Waals surface area contributed by atoms with Crippen LogP contribution in [0.4, 0.5) is 0 Å². The second-order valence-corrected chi connectivity index (χ2v) is 10.8. The number of aryl methyl sites for hydroxylation is 2. The number of methoxy groups -OCH3 is 1. The first-order valence-electron chi connectivity index (χ1n) is 13.8. The fourth-order valence-electron chi connectivity index (χ4n) is 5.94. The number of carbonyl (C=O) groups excluding carboxylic acids is 1. The van der Waals surface area contributed by atoms with Gasteiger partial charge < -0.3 is 14.7 Å². The summed E-state index contributed by atoms with van der Waals surface area (Å²) in [7, 11) is 3.38. The fraction of sp³-hybridized carbons (Fsp3) is 0.312. The molecule has 1 aliphatic heterocycles. The highest BCUT2D eigenvalue weighted by Gasteiger charge is 2.26. The molecule has 1 amide bonds. The Morgan fingerprint density at radius 2 is 1.76 bits per heavy atom. The smallest absolute Gasteiger partial charge is 0.333 e. The van der Waals surface area contributed by atoms with E-state index in [1.165, 1.54) is 12.5 Å². The molecule has 0 aliphatic carbocycles. The SMILES string of the molecule is COc1ncc(-c2ccc3ncc4c(c3c2)n(-c2ccc(C3CCN(C(=O)C(C)O)CC3)cc2)c(=O)n4C)cc1C. The van der Waals surface area contributed by atoms with Gasteiger partial charge in [-0.2, -0.15) is 0 Å². The Balaban J connectivity index is 1.38. The van der Waals surface area contributed by atoms with E-state index in [1.54, 1.807) is 40.6 Å². The molecule has 1 fully saturated rings. The highest BCUT2D eigenvalue weighted by atomic mass is 16.5. The van der Waals surface area contributed by atoms with E-state index in [9.17, 15) is 14.7 Å². The normalized spacial score (nSPS) is 15.0. The van der Waals surface area contributed by atoms with Gasteiger partial charge >= 0.3 is 5.69 Å². The first-order valence-corrected chi connectivity index (χ1v) is 13.8. The average Bonchev–Trinajstić information content (AvgIpc) is 3.26. The number of likely N-dealkylation sites (tertiary alicyclic amines) is 1. The molecule has 9 heteroatoms. The number of aromatic nitrogens is 4. The molecule has 6 rings (SSSR count). The Hall–Kier alpha value is -4.50. The average molecular weight is 552 g/mol. The predicted octanol–water partition coefficient (Wildman–Crippen LogP) is 4.34. The standard InChI is InChI=1S/C32H33N5O4/c1-19-15-24(17-34-30(19)41-4)23-7-10-27-26(16-23)29-28(18-33-27)35(3)32(40)37(29)25-8-5-21(6-9-25)22-11-13-36(14-12-22)31(39)20(2)38/h5-10,15-18,20,22,38H,11-14H2,1-4H3. The lowest BCUT2D eigenvalue weighted by molar-refractivity contribution is -0.140. The van der Waals surface area contributed by atoms with E-state index in [0.29, 0.717) is 24.9 Å². The maximum atomic E-state index is 13.6. The van der Waals surface area contributed by atoms with Crippen LogP contribution in [0.15, 0.2) is 65.7 Å². The maximum Gasteiger partial charge on any atom is 0.333 e. The van der Waals surface area contributed by atoms with Crippen molar-refractivity contribution in [2.45, 2.75) is 38.7 Å². The van der Waals surface area contributed by atoms with Crippen molar-refractivity contribution in [1.29, 1.82) is 0 Å². The zero-order valence-corrected chi connectivity index (χ0v) is 23.7. The summed E-state index contributed by atoms with van der Waals surface area (Å²) in [5, 5.41) is 10.5. The lowest BCUT2D eigenvalue weighted by atomic mass is 9.89. The van der Waals surface area contributed by atoms with Gasteiger partial charge in [-0.3, -0.25) is 18.9 Å². The summed E-state index contributed by atoms with van der Waals surface area (Å²) in [6, 6.07) is 16.3. The van der Waals surface area contributed by atoms with Crippen LogP contribution in [0.5, 0.6) is 5.88 Å². The van der Waals surface area contributed by atoms with Gasteiger partial charge in [0.25, 0.3) is 5.91 Å². The maximum absolute atomic E-state index is 13.6. The van der Waals surface area contributed by atoms with Crippen LogP contribution in [0.2, 0.25) is 0 Å². The Bertz CT molecular complexity index is 1830. The fourth-order valence-corrected chi connectivity index (χ4v) is 5.94. The van der Waals surface area contributed by atoms with Crippen molar-refractivity contribution in [3.8, 4) is 22.7 Å². The van der Waals surface area contributed by atoms with E-state index in [1.807, 2.05) is 37.3 Å². The number of aliphatic hydroxyl groups is 1. The van der Waals surface area contributed by atoms with Gasteiger partial charge in [-0.15, -0.1) is 0 Å². The van der Waals surface area contributed by atoms with E-state index < -0.39 is 6.10 Å². The highest BCUT2D eigenvalue weighted by Crippen LogP contribution is 2.32. The molecule has 0 saturated carbocycles. The zero-order valence-electron chi connectivity index (χ0n) is 23.7. The molecule has 0 bridgehead atoms. The van der Waals surface area contributed by atoms with Gasteiger partial charge in [0, 0.05) is 42.8 Å². The van der Waals surface area contributed by atoms with Crippen molar-refractivity contribution in [3.05, 3.63) is 82.5 Å². The van der Waals surface area contributed by atoms with Crippen molar-refractivity contribution in [2.75, 3.05) is 20.2 Å². The second-order valence-electron chi connectivity index (χ2n) is 10.8. The summed E-state index contributed by atoms with van der Waals surface area (Å²) in [6.45, 7) is 4.74. The Labute approximate surface area is 237 Å². The molecule has 1 saturated heterocycles. The van der Waals surface area contributed by atoms with Crippen molar-refractivity contribution < 1.29 is 14.6 Å². The first kappa shape index (κ1) is 26.7. The summed E-state index contributed by atoms with van der Waals surface area (Å²) in [5.41, 5.74) is 7.06. The van der Waals surface area contributed by atoms with Gasteiger partial charge in [0.1, 0.15) is 6.10 Å². The van der Waals surface area contributed by atoms with E-state index in [2.05, 4.69) is 28.2 Å². The number of nitrogens with zero attached hydrogens (tertiary/aromatic N) is 5. The van der Waals surface area contributed by atoms with Gasteiger partial charge in [0.2, 0.25) is 5.88 Å². The van der Waals surface area contributed by atoms with Crippen molar-refractivity contribution >= 4 is 27.8 Å². The second kappa shape index (κ2) is 10.5. The number of fused-ring (bicyclic) bond motifs is 3. The zero-order chi connectivity index (χ0) is 28.8. The number of piperidine rings is 1. The Morgan fingerprint density at radius 3 is 2.41 bits per heavy atom. The van der Waals surface area contributed by atoms with Gasteiger partial charge in [0.15, 0.2) is 0 Å². The summed E-state index contributed by atoms with van der Waals surface area (Å²) in [5.74, 6) is 0.704. The van der Waals surface area contributed by atoms with E-state index in [-0.39, 0.29) is 11.6 Å². The van der Waals surface area contributed by atoms with Crippen molar-refractivity contribution in [1.82, 2.24) is 24.0 Å². The third-order valence-electron chi connectivity index (χ3n) is 8.23. The van der Waals surface area contributed by atoms with Crippen molar-refractivity contribution in [2.24, 2.45) is 7.05 Å². The number of benzene rings is 2. The topological polar surface area (TPSA) is 102 Å². The van der Waals surface area contributed by atoms with E-state index in [0.717, 1.165) is 57.2 Å². The summed E-state index contributed by atoms with van der Waals surface area (Å²) in [4.78, 5) is 36.5. The molecule has 41 heavy (non-hydrogen) atoms. The molecule has 4 heterocycles. The van der Waals surface area contributed by atoms with E-state index in [4.69, 9.17) is 4.74 Å². The monoisotopic (exact) mass is 551 g/mol. The molecular formula is C32H33N5O4. The molecule has 1 atom stereocenters. The van der Waals surface area contributed by atoms with Crippen LogP contribution in [0, 0.1) is 6.92 Å². The number of amides is 1. The van der Waals surface area contributed by atoms with Crippen LogP contribution in [-0.4, -0.2) is 61.3 Å². The first-order chi connectivity index (χ1) is 19.8. The van der Waals surface area contributed by atoms with Crippen LogP contribution in [0.1, 0.15) is 36.8 Å². The molecule has 1 unspecified atom stereocenters. The molecule has 2 aromatic carbocycles. The minimum atomic E-state index is -0.968. The third-order valence-corrected chi connectivity index (χ3v) is 8.23. The number of pyridine rings is 2. The highest BCUT2D eigenvalue weighted by molar-refractivity contribution is 6.04. The molecule has 3 aromatic heterocycles. The van der Waals surface area contributed by atoms with Gasteiger partial charge in [-0.1, -0.05) is 18.2 Å². The van der Waals surface area contributed by atoms with Gasteiger partial charge in [-0.05, 0) is 74.1 Å². The number of rotatable bonds is 5. The van der Waals surface area contributed by atoms with Crippen LogP contribution < -0.4 is 10.4 Å². The lowest BCUT2D eigenvalue weighted by Gasteiger charge is -2.33. The van der Waals surface area contributed by atoms with E-state index >= 15 is 0 Å². The van der Waals surface area contributed by atoms with Gasteiger partial charge in [0.05, 0.1) is 35.5 Å². The molecule has 1 aliphatic rings. The number of hydrogen-bond donors (Lipinski definition) is 1. The minimum Gasteiger partial charge on any atom is -0.481 e.